The summed E-state index contributed by atoms with van der Waals surface area (Å²) in [7, 11) is 0. The summed E-state index contributed by atoms with van der Waals surface area (Å²) in [5, 5.41) is 11.7. The SMILES string of the molecule is CCOC(=O)N(Cc1ccc(C)nc1)c1cc(-c2nc(C)co2)nc(N)c1[N+](=O)[O-]. The van der Waals surface area contributed by atoms with Gasteiger partial charge in [-0.25, -0.2) is 14.8 Å². The van der Waals surface area contributed by atoms with Crippen LogP contribution in [0.4, 0.5) is 22.0 Å². The van der Waals surface area contributed by atoms with Crippen LogP contribution in [0.25, 0.3) is 11.6 Å². The third-order valence-corrected chi connectivity index (χ3v) is 4.11. The summed E-state index contributed by atoms with van der Waals surface area (Å²) in [6.45, 7) is 5.24. The third-order valence-electron chi connectivity index (χ3n) is 4.11. The molecule has 3 aromatic heterocycles. The lowest BCUT2D eigenvalue weighted by Gasteiger charge is -2.22. The highest BCUT2D eigenvalue weighted by atomic mass is 16.6. The van der Waals surface area contributed by atoms with E-state index in [4.69, 9.17) is 14.9 Å². The fourth-order valence-corrected chi connectivity index (χ4v) is 2.74. The standard InChI is InChI=1S/C19H20N6O5/c1-4-29-19(26)24(9-13-6-5-11(2)21-8-13)15-7-14(18-22-12(3)10-30-18)23-17(20)16(15)25(27)28/h5-8,10H,4,9H2,1-3H3,(H2,20,23). The number of nitro groups is 1. The molecule has 0 aliphatic carbocycles. The molecule has 11 nitrogen and oxygen atoms in total. The van der Waals surface area contributed by atoms with E-state index < -0.39 is 16.7 Å². The monoisotopic (exact) mass is 412 g/mol. The molecule has 3 aromatic rings. The number of nitrogen functional groups attached to an aromatic ring is 1. The van der Waals surface area contributed by atoms with Gasteiger partial charge in [-0.15, -0.1) is 0 Å². The van der Waals surface area contributed by atoms with Crippen molar-refractivity contribution in [2.75, 3.05) is 17.2 Å². The number of ether oxygens (including phenoxy) is 1. The first-order valence-electron chi connectivity index (χ1n) is 9.03. The smallest absolute Gasteiger partial charge is 0.414 e. The second-order valence-corrected chi connectivity index (χ2v) is 6.40. The van der Waals surface area contributed by atoms with Gasteiger partial charge in [0, 0.05) is 18.0 Å². The molecule has 0 saturated heterocycles. The number of oxazole rings is 1. The van der Waals surface area contributed by atoms with E-state index in [-0.39, 0.29) is 36.2 Å². The molecule has 3 rings (SSSR count). The van der Waals surface area contributed by atoms with Crippen LogP contribution in [0, 0.1) is 24.0 Å². The molecule has 0 fully saturated rings. The van der Waals surface area contributed by atoms with Crippen LogP contribution in [0.2, 0.25) is 0 Å². The Bertz CT molecular complexity index is 1080. The van der Waals surface area contributed by atoms with Crippen LogP contribution < -0.4 is 10.6 Å². The van der Waals surface area contributed by atoms with Gasteiger partial charge in [0.05, 0.1) is 23.8 Å². The fraction of sp³-hybridized carbons (Fsp3) is 0.263. The van der Waals surface area contributed by atoms with E-state index in [1.165, 1.54) is 12.3 Å². The molecular weight excluding hydrogens is 392 g/mol. The van der Waals surface area contributed by atoms with E-state index >= 15 is 0 Å². The first kappa shape index (κ1) is 20.7. The summed E-state index contributed by atoms with van der Waals surface area (Å²) in [6.07, 6.45) is 2.22. The number of carbonyl (C=O) groups excluding carboxylic acids is 1. The fourth-order valence-electron chi connectivity index (χ4n) is 2.74. The highest BCUT2D eigenvalue weighted by Crippen LogP contribution is 2.37. The van der Waals surface area contributed by atoms with Gasteiger partial charge in [-0.05, 0) is 32.4 Å². The molecule has 0 aromatic carbocycles. The summed E-state index contributed by atoms with van der Waals surface area (Å²) in [5.41, 5.74) is 7.46. The van der Waals surface area contributed by atoms with Crippen molar-refractivity contribution in [1.82, 2.24) is 15.0 Å². The van der Waals surface area contributed by atoms with Gasteiger partial charge in [0.2, 0.25) is 11.7 Å². The second-order valence-electron chi connectivity index (χ2n) is 6.40. The number of nitrogens with zero attached hydrogens (tertiary/aromatic N) is 5. The largest absolute Gasteiger partial charge is 0.449 e. The molecule has 30 heavy (non-hydrogen) atoms. The van der Waals surface area contributed by atoms with Gasteiger partial charge in [0.1, 0.15) is 17.6 Å². The Kier molecular flexibility index (Phi) is 5.90. The van der Waals surface area contributed by atoms with Crippen molar-refractivity contribution in [3.8, 4) is 11.6 Å². The number of anilines is 2. The van der Waals surface area contributed by atoms with Crippen LogP contribution in [-0.4, -0.2) is 32.6 Å². The van der Waals surface area contributed by atoms with E-state index in [1.807, 2.05) is 6.92 Å². The second kappa shape index (κ2) is 8.55. The number of hydrogen-bond donors (Lipinski definition) is 1. The van der Waals surface area contributed by atoms with E-state index in [1.54, 1.807) is 32.2 Å². The molecule has 0 aliphatic heterocycles. The molecular formula is C19H20N6O5. The number of aromatic nitrogens is 3. The normalized spacial score (nSPS) is 10.6. The number of carbonyl (C=O) groups is 1. The maximum absolute atomic E-state index is 12.7. The summed E-state index contributed by atoms with van der Waals surface area (Å²) in [4.78, 5) is 37.3. The Morgan fingerprint density at radius 3 is 2.63 bits per heavy atom. The van der Waals surface area contributed by atoms with Crippen molar-refractivity contribution >= 4 is 23.3 Å². The highest BCUT2D eigenvalue weighted by molar-refractivity contribution is 5.93. The molecule has 3 heterocycles. The number of rotatable bonds is 6. The average Bonchev–Trinajstić information content (AvgIpc) is 3.13. The number of aryl methyl sites for hydroxylation is 2. The lowest BCUT2D eigenvalue weighted by atomic mass is 10.2. The quantitative estimate of drug-likeness (QED) is 0.474. The lowest BCUT2D eigenvalue weighted by Crippen LogP contribution is -2.32. The molecule has 156 valence electrons. The van der Waals surface area contributed by atoms with Gasteiger partial charge in [-0.2, -0.15) is 0 Å². The highest BCUT2D eigenvalue weighted by Gasteiger charge is 2.31. The number of pyridine rings is 2. The lowest BCUT2D eigenvalue weighted by molar-refractivity contribution is -0.383. The van der Waals surface area contributed by atoms with Gasteiger partial charge in [-0.1, -0.05) is 6.07 Å². The molecule has 2 N–H and O–H groups in total. The van der Waals surface area contributed by atoms with Crippen molar-refractivity contribution in [3.05, 3.63) is 57.7 Å². The van der Waals surface area contributed by atoms with Gasteiger partial charge in [-0.3, -0.25) is 20.0 Å². The van der Waals surface area contributed by atoms with Crippen molar-refractivity contribution in [2.24, 2.45) is 0 Å². The third kappa shape index (κ3) is 4.35. The first-order chi connectivity index (χ1) is 14.3. The van der Waals surface area contributed by atoms with Crippen LogP contribution in [0.15, 0.2) is 35.1 Å². The average molecular weight is 412 g/mol. The first-order valence-corrected chi connectivity index (χ1v) is 9.03. The molecule has 0 unspecified atom stereocenters. The van der Waals surface area contributed by atoms with Crippen LogP contribution >= 0.6 is 0 Å². The Labute approximate surface area is 171 Å². The molecule has 1 amide bonds. The predicted molar refractivity (Wildman–Crippen MR) is 108 cm³/mol. The van der Waals surface area contributed by atoms with E-state index in [2.05, 4.69) is 15.0 Å². The Morgan fingerprint density at radius 2 is 2.07 bits per heavy atom. The summed E-state index contributed by atoms with van der Waals surface area (Å²) < 4.78 is 10.5. The number of hydrogen-bond acceptors (Lipinski definition) is 9. The topological polar surface area (TPSA) is 151 Å². The molecule has 0 radical (unpaired) electrons. The summed E-state index contributed by atoms with van der Waals surface area (Å²) in [5.74, 6) is -0.254. The number of nitrogens with two attached hydrogens (primary N) is 1. The van der Waals surface area contributed by atoms with Gasteiger partial charge < -0.3 is 14.9 Å². The summed E-state index contributed by atoms with van der Waals surface area (Å²) >= 11 is 0. The van der Waals surface area contributed by atoms with E-state index in [0.29, 0.717) is 11.3 Å². The van der Waals surface area contributed by atoms with Gasteiger partial charge in [0.15, 0.2) is 0 Å². The van der Waals surface area contributed by atoms with E-state index in [0.717, 1.165) is 10.6 Å². The molecule has 0 saturated carbocycles. The van der Waals surface area contributed by atoms with Crippen LogP contribution in [0.1, 0.15) is 23.9 Å². The molecule has 0 aliphatic rings. The predicted octanol–water partition coefficient (Wildman–Crippen LogP) is 3.40. The van der Waals surface area contributed by atoms with Crippen molar-refractivity contribution < 1.29 is 18.9 Å². The van der Waals surface area contributed by atoms with Crippen molar-refractivity contribution in [3.63, 3.8) is 0 Å². The molecule has 0 bridgehead atoms. The Balaban J connectivity index is 2.16. The van der Waals surface area contributed by atoms with Crippen molar-refractivity contribution in [2.45, 2.75) is 27.3 Å². The van der Waals surface area contributed by atoms with Crippen molar-refractivity contribution in [1.29, 1.82) is 0 Å². The minimum atomic E-state index is -0.777. The zero-order valence-corrected chi connectivity index (χ0v) is 16.7. The van der Waals surface area contributed by atoms with E-state index in [9.17, 15) is 14.9 Å². The minimum Gasteiger partial charge on any atom is -0.449 e. The molecule has 11 heteroatoms. The minimum absolute atomic E-state index is 0.0273. The van der Waals surface area contributed by atoms with Crippen LogP contribution in [0.5, 0.6) is 0 Å². The van der Waals surface area contributed by atoms with Crippen LogP contribution in [0.3, 0.4) is 0 Å². The summed E-state index contributed by atoms with van der Waals surface area (Å²) in [6, 6.07) is 4.87. The Hall–Kier alpha value is -4.02. The van der Waals surface area contributed by atoms with Crippen LogP contribution in [-0.2, 0) is 11.3 Å². The maximum Gasteiger partial charge on any atom is 0.414 e. The zero-order chi connectivity index (χ0) is 21.8. The Morgan fingerprint density at radius 1 is 1.30 bits per heavy atom. The van der Waals surface area contributed by atoms with Gasteiger partial charge in [0.25, 0.3) is 0 Å². The molecule has 0 atom stereocenters. The maximum atomic E-state index is 12.7. The van der Waals surface area contributed by atoms with Gasteiger partial charge >= 0.3 is 11.8 Å². The number of amides is 1. The zero-order valence-electron chi connectivity index (χ0n) is 16.7. The molecule has 0 spiro atoms.